The fourth-order valence-electron chi connectivity index (χ4n) is 2.61. The summed E-state index contributed by atoms with van der Waals surface area (Å²) in [6, 6.07) is 6.95. The van der Waals surface area contributed by atoms with Crippen molar-refractivity contribution in [3.8, 4) is 11.6 Å². The standard InChI is InChI=1S/C19H20F3N3O3/c1-12(11-26)23-18(27)15-7-8-16(24-17(15)25-9-2-10-25)28-14-5-3-13(4-6-14)19(20,21)22/h3-8,12,26H,2,9-11H2,1H3,(H,23,27)/t12-/m1/s1. The van der Waals surface area contributed by atoms with Gasteiger partial charge in [-0.15, -0.1) is 0 Å². The number of aromatic nitrogens is 1. The SMILES string of the molecule is C[C@H](CO)NC(=O)c1ccc(Oc2ccc(C(F)(F)F)cc2)nc1N1CCC1. The lowest BCUT2D eigenvalue weighted by Crippen LogP contribution is -2.41. The lowest BCUT2D eigenvalue weighted by atomic mass is 10.1. The van der Waals surface area contributed by atoms with Gasteiger partial charge in [0.2, 0.25) is 5.88 Å². The maximum absolute atomic E-state index is 12.7. The summed E-state index contributed by atoms with van der Waals surface area (Å²) in [4.78, 5) is 18.7. The summed E-state index contributed by atoms with van der Waals surface area (Å²) in [6.45, 7) is 2.98. The Morgan fingerprint density at radius 3 is 2.46 bits per heavy atom. The number of hydrogen-bond donors (Lipinski definition) is 2. The molecule has 1 aromatic heterocycles. The zero-order valence-corrected chi connectivity index (χ0v) is 15.2. The number of ether oxygens (including phenoxy) is 1. The summed E-state index contributed by atoms with van der Waals surface area (Å²) in [5.74, 6) is 0.463. The van der Waals surface area contributed by atoms with Crippen LogP contribution in [0, 0.1) is 0 Å². The lowest BCUT2D eigenvalue weighted by Gasteiger charge is -2.33. The maximum atomic E-state index is 12.7. The molecular weight excluding hydrogens is 375 g/mol. The van der Waals surface area contributed by atoms with Crippen LogP contribution in [0.25, 0.3) is 0 Å². The molecule has 2 aromatic rings. The molecule has 28 heavy (non-hydrogen) atoms. The molecule has 2 N–H and O–H groups in total. The van der Waals surface area contributed by atoms with Crippen LogP contribution in [0.1, 0.15) is 29.3 Å². The van der Waals surface area contributed by atoms with E-state index in [0.29, 0.717) is 11.4 Å². The van der Waals surface area contributed by atoms with Crippen molar-refractivity contribution in [1.82, 2.24) is 10.3 Å². The Bertz CT molecular complexity index is 837. The van der Waals surface area contributed by atoms with Crippen LogP contribution in [-0.2, 0) is 6.18 Å². The van der Waals surface area contributed by atoms with Crippen LogP contribution < -0.4 is 15.0 Å². The molecular formula is C19H20F3N3O3. The molecule has 1 amide bonds. The van der Waals surface area contributed by atoms with Crippen molar-refractivity contribution in [3.05, 3.63) is 47.5 Å². The van der Waals surface area contributed by atoms with Crippen LogP contribution >= 0.6 is 0 Å². The third kappa shape index (κ3) is 4.53. The fourth-order valence-corrected chi connectivity index (χ4v) is 2.61. The summed E-state index contributed by atoms with van der Waals surface area (Å²) < 4.78 is 43.5. The molecule has 0 bridgehead atoms. The fraction of sp³-hybridized carbons (Fsp3) is 0.368. The first-order chi connectivity index (χ1) is 13.3. The predicted octanol–water partition coefficient (Wildman–Crippen LogP) is 3.21. The molecule has 1 aromatic carbocycles. The van der Waals surface area contributed by atoms with Crippen LogP contribution in [0.15, 0.2) is 36.4 Å². The zero-order valence-electron chi connectivity index (χ0n) is 15.2. The molecule has 1 atom stereocenters. The van der Waals surface area contributed by atoms with Gasteiger partial charge in [0, 0.05) is 25.2 Å². The van der Waals surface area contributed by atoms with Crippen LogP contribution in [0.5, 0.6) is 11.6 Å². The average molecular weight is 395 g/mol. The normalized spacial score (nSPS) is 15.0. The highest BCUT2D eigenvalue weighted by Crippen LogP contribution is 2.32. The Morgan fingerprint density at radius 1 is 1.25 bits per heavy atom. The monoisotopic (exact) mass is 395 g/mol. The molecule has 6 nitrogen and oxygen atoms in total. The zero-order chi connectivity index (χ0) is 20.3. The number of carbonyl (C=O) groups is 1. The highest BCUT2D eigenvalue weighted by molar-refractivity contribution is 5.99. The first-order valence-electron chi connectivity index (χ1n) is 8.81. The number of nitrogens with one attached hydrogen (secondary N) is 1. The minimum Gasteiger partial charge on any atom is -0.439 e. The van der Waals surface area contributed by atoms with E-state index >= 15 is 0 Å². The molecule has 0 spiro atoms. The minimum absolute atomic E-state index is 0.174. The van der Waals surface area contributed by atoms with Crippen molar-refractivity contribution in [2.24, 2.45) is 0 Å². The van der Waals surface area contributed by atoms with E-state index in [9.17, 15) is 18.0 Å². The van der Waals surface area contributed by atoms with Crippen LogP contribution in [0.3, 0.4) is 0 Å². The van der Waals surface area contributed by atoms with Crippen molar-refractivity contribution in [2.45, 2.75) is 25.6 Å². The van der Waals surface area contributed by atoms with Crippen LogP contribution in [0.2, 0.25) is 0 Å². The Balaban J connectivity index is 1.81. The topological polar surface area (TPSA) is 74.7 Å². The predicted molar refractivity (Wildman–Crippen MR) is 96.6 cm³/mol. The van der Waals surface area contributed by atoms with Crippen molar-refractivity contribution < 1.29 is 27.8 Å². The van der Waals surface area contributed by atoms with Gasteiger partial charge in [0.1, 0.15) is 11.6 Å². The van der Waals surface area contributed by atoms with E-state index in [0.717, 1.165) is 31.6 Å². The number of hydrogen-bond acceptors (Lipinski definition) is 5. The number of alkyl halides is 3. The van der Waals surface area contributed by atoms with Gasteiger partial charge in [-0.05, 0) is 43.7 Å². The van der Waals surface area contributed by atoms with Gasteiger partial charge in [0.15, 0.2) is 0 Å². The molecule has 0 radical (unpaired) electrons. The summed E-state index contributed by atoms with van der Waals surface area (Å²) in [5, 5.41) is 11.8. The summed E-state index contributed by atoms with van der Waals surface area (Å²) in [5.41, 5.74) is -0.418. The largest absolute Gasteiger partial charge is 0.439 e. The van der Waals surface area contributed by atoms with Crippen LogP contribution in [-0.4, -0.2) is 41.7 Å². The second-order valence-corrected chi connectivity index (χ2v) is 6.54. The molecule has 3 rings (SSSR count). The van der Waals surface area contributed by atoms with Gasteiger partial charge >= 0.3 is 6.18 Å². The van der Waals surface area contributed by atoms with E-state index in [4.69, 9.17) is 9.84 Å². The first-order valence-corrected chi connectivity index (χ1v) is 8.81. The molecule has 1 saturated heterocycles. The number of pyridine rings is 1. The minimum atomic E-state index is -4.41. The van der Waals surface area contributed by atoms with E-state index in [-0.39, 0.29) is 24.1 Å². The molecule has 9 heteroatoms. The molecule has 1 aliphatic heterocycles. The summed E-state index contributed by atoms with van der Waals surface area (Å²) >= 11 is 0. The van der Waals surface area contributed by atoms with Gasteiger partial charge in [0.25, 0.3) is 5.91 Å². The Morgan fingerprint density at radius 2 is 1.93 bits per heavy atom. The number of rotatable bonds is 6. The van der Waals surface area contributed by atoms with E-state index in [1.807, 2.05) is 4.90 Å². The Hall–Kier alpha value is -2.81. The molecule has 1 aliphatic rings. The lowest BCUT2D eigenvalue weighted by molar-refractivity contribution is -0.137. The van der Waals surface area contributed by atoms with E-state index in [1.54, 1.807) is 13.0 Å². The van der Waals surface area contributed by atoms with Gasteiger partial charge in [-0.2, -0.15) is 18.2 Å². The van der Waals surface area contributed by atoms with Crippen molar-refractivity contribution >= 4 is 11.7 Å². The molecule has 1 fully saturated rings. The quantitative estimate of drug-likeness (QED) is 0.786. The number of aliphatic hydroxyl groups is 1. The number of nitrogens with zero attached hydrogens (tertiary/aromatic N) is 2. The van der Waals surface area contributed by atoms with Gasteiger partial charge in [-0.1, -0.05) is 0 Å². The summed E-state index contributed by atoms with van der Waals surface area (Å²) in [6.07, 6.45) is -3.44. The third-order valence-corrected chi connectivity index (χ3v) is 4.31. The molecule has 0 saturated carbocycles. The molecule has 2 heterocycles. The highest BCUT2D eigenvalue weighted by atomic mass is 19.4. The van der Waals surface area contributed by atoms with E-state index in [2.05, 4.69) is 10.3 Å². The van der Waals surface area contributed by atoms with Gasteiger partial charge in [-0.3, -0.25) is 4.79 Å². The number of halogens is 3. The smallest absolute Gasteiger partial charge is 0.416 e. The Kier molecular flexibility index (Phi) is 5.73. The van der Waals surface area contributed by atoms with Crippen molar-refractivity contribution in [1.29, 1.82) is 0 Å². The third-order valence-electron chi connectivity index (χ3n) is 4.31. The van der Waals surface area contributed by atoms with Gasteiger partial charge < -0.3 is 20.1 Å². The molecule has 0 unspecified atom stereocenters. The second-order valence-electron chi connectivity index (χ2n) is 6.54. The van der Waals surface area contributed by atoms with Crippen molar-refractivity contribution in [2.75, 3.05) is 24.6 Å². The van der Waals surface area contributed by atoms with Gasteiger partial charge in [0.05, 0.1) is 17.7 Å². The van der Waals surface area contributed by atoms with Crippen molar-refractivity contribution in [3.63, 3.8) is 0 Å². The maximum Gasteiger partial charge on any atom is 0.416 e. The van der Waals surface area contributed by atoms with E-state index in [1.165, 1.54) is 18.2 Å². The number of benzene rings is 1. The van der Waals surface area contributed by atoms with Gasteiger partial charge in [-0.25, -0.2) is 0 Å². The number of carbonyl (C=O) groups excluding carboxylic acids is 1. The van der Waals surface area contributed by atoms with E-state index < -0.39 is 17.8 Å². The molecule has 0 aliphatic carbocycles. The average Bonchev–Trinajstić information content (AvgIpc) is 2.60. The second kappa shape index (κ2) is 8.05. The Labute approximate surface area is 159 Å². The first kappa shape index (κ1) is 19.9. The molecule has 150 valence electrons. The highest BCUT2D eigenvalue weighted by Gasteiger charge is 2.30. The van der Waals surface area contributed by atoms with Crippen LogP contribution in [0.4, 0.5) is 19.0 Å². The number of anilines is 1. The number of aliphatic hydroxyl groups excluding tert-OH is 1. The summed E-state index contributed by atoms with van der Waals surface area (Å²) in [7, 11) is 0. The number of amides is 1.